The molecule has 0 radical (unpaired) electrons. The highest BCUT2D eigenvalue weighted by Crippen LogP contribution is 2.47. The molecule has 2 N–H and O–H groups in total. The monoisotopic (exact) mass is 387 g/mol. The van der Waals surface area contributed by atoms with Crippen molar-refractivity contribution in [3.63, 3.8) is 0 Å². The molecule has 1 saturated heterocycles. The fraction of sp³-hybridized carbons (Fsp3) is 0.600. The highest BCUT2D eigenvalue weighted by molar-refractivity contribution is 9.11. The molecular formula is C15H19Br2NO. The van der Waals surface area contributed by atoms with Crippen LogP contribution in [0.1, 0.15) is 43.7 Å². The van der Waals surface area contributed by atoms with E-state index in [4.69, 9.17) is 10.5 Å². The van der Waals surface area contributed by atoms with E-state index in [0.717, 1.165) is 28.4 Å². The van der Waals surface area contributed by atoms with Gasteiger partial charge in [-0.05, 0) is 61.8 Å². The van der Waals surface area contributed by atoms with Crippen LogP contribution < -0.4 is 5.73 Å². The van der Waals surface area contributed by atoms with Gasteiger partial charge in [-0.25, -0.2) is 0 Å². The molecule has 1 saturated carbocycles. The smallest absolute Gasteiger partial charge is 0.0686 e. The summed E-state index contributed by atoms with van der Waals surface area (Å²) >= 11 is 7.16. The predicted molar refractivity (Wildman–Crippen MR) is 84.0 cm³/mol. The van der Waals surface area contributed by atoms with E-state index in [0.29, 0.717) is 5.92 Å². The Labute approximate surface area is 131 Å². The molecule has 2 fully saturated rings. The molecule has 2 nitrogen and oxygen atoms in total. The van der Waals surface area contributed by atoms with Crippen molar-refractivity contribution in [1.82, 2.24) is 0 Å². The summed E-state index contributed by atoms with van der Waals surface area (Å²) < 4.78 is 8.19. The van der Waals surface area contributed by atoms with Crippen LogP contribution in [0.2, 0.25) is 0 Å². The van der Waals surface area contributed by atoms with Crippen LogP contribution in [0.3, 0.4) is 0 Å². The van der Waals surface area contributed by atoms with Gasteiger partial charge < -0.3 is 10.5 Å². The minimum Gasteiger partial charge on any atom is -0.375 e. The standard InChI is InChI=1S/C15H19Br2NO/c16-11-2-3-13(17)12(8-11)14(18)10-4-7-19-15(9-10)5-1-6-15/h2-3,8,10,14H,1,4-7,9,18H2. The quantitative estimate of drug-likeness (QED) is 0.805. The summed E-state index contributed by atoms with van der Waals surface area (Å²) in [5.41, 5.74) is 7.90. The molecule has 4 heteroatoms. The van der Waals surface area contributed by atoms with Crippen LogP contribution in [-0.2, 0) is 4.74 Å². The van der Waals surface area contributed by atoms with Gasteiger partial charge in [0.2, 0.25) is 0 Å². The van der Waals surface area contributed by atoms with E-state index in [2.05, 4.69) is 44.0 Å². The summed E-state index contributed by atoms with van der Waals surface area (Å²) in [4.78, 5) is 0. The van der Waals surface area contributed by atoms with E-state index in [1.807, 2.05) is 6.07 Å². The Kier molecular flexibility index (Phi) is 4.05. The summed E-state index contributed by atoms with van der Waals surface area (Å²) in [6.07, 6.45) is 5.93. The molecule has 1 spiro atoms. The number of hydrogen-bond donors (Lipinski definition) is 1. The third-order valence-electron chi connectivity index (χ3n) is 4.62. The lowest BCUT2D eigenvalue weighted by Crippen LogP contribution is -2.47. The van der Waals surface area contributed by atoms with Gasteiger partial charge in [0.15, 0.2) is 0 Å². The van der Waals surface area contributed by atoms with Crippen molar-refractivity contribution < 1.29 is 4.74 Å². The molecule has 2 unspecified atom stereocenters. The largest absolute Gasteiger partial charge is 0.375 e. The van der Waals surface area contributed by atoms with Crippen molar-refractivity contribution in [3.8, 4) is 0 Å². The van der Waals surface area contributed by atoms with Gasteiger partial charge in [0.05, 0.1) is 5.60 Å². The Morgan fingerprint density at radius 3 is 2.79 bits per heavy atom. The summed E-state index contributed by atoms with van der Waals surface area (Å²) in [5, 5.41) is 0. The fourth-order valence-electron chi connectivity index (χ4n) is 3.32. The van der Waals surface area contributed by atoms with Gasteiger partial charge in [0, 0.05) is 21.6 Å². The van der Waals surface area contributed by atoms with Crippen molar-refractivity contribution in [1.29, 1.82) is 0 Å². The van der Waals surface area contributed by atoms with Crippen LogP contribution >= 0.6 is 31.9 Å². The minimum atomic E-state index is 0.0910. The van der Waals surface area contributed by atoms with Gasteiger partial charge >= 0.3 is 0 Å². The number of halogens is 2. The highest BCUT2D eigenvalue weighted by Gasteiger charge is 2.44. The molecular weight excluding hydrogens is 370 g/mol. The summed E-state index contributed by atoms with van der Waals surface area (Å²) in [6, 6.07) is 6.33. The Balaban J connectivity index is 1.79. The van der Waals surface area contributed by atoms with Crippen LogP contribution in [0.25, 0.3) is 0 Å². The second kappa shape index (κ2) is 5.47. The third kappa shape index (κ3) is 2.78. The zero-order valence-electron chi connectivity index (χ0n) is 10.9. The maximum absolute atomic E-state index is 6.53. The van der Waals surface area contributed by atoms with Gasteiger partial charge in [-0.15, -0.1) is 0 Å². The Morgan fingerprint density at radius 1 is 1.32 bits per heavy atom. The maximum atomic E-state index is 6.53. The first-order chi connectivity index (χ1) is 9.10. The van der Waals surface area contributed by atoms with Gasteiger partial charge in [-0.3, -0.25) is 0 Å². The summed E-state index contributed by atoms with van der Waals surface area (Å²) in [5.74, 6) is 0.527. The molecule has 1 aromatic carbocycles. The van der Waals surface area contributed by atoms with E-state index in [9.17, 15) is 0 Å². The van der Waals surface area contributed by atoms with E-state index >= 15 is 0 Å². The van der Waals surface area contributed by atoms with E-state index in [1.54, 1.807) is 0 Å². The summed E-state index contributed by atoms with van der Waals surface area (Å²) in [6.45, 7) is 0.865. The lowest BCUT2D eigenvalue weighted by atomic mass is 9.70. The average Bonchev–Trinajstić information content (AvgIpc) is 2.39. The zero-order chi connectivity index (χ0) is 13.5. The fourth-order valence-corrected chi connectivity index (χ4v) is 4.21. The number of ether oxygens (including phenoxy) is 1. The Hall–Kier alpha value is 0.1000. The first-order valence-corrected chi connectivity index (χ1v) is 8.53. The molecule has 0 bridgehead atoms. The molecule has 1 aromatic rings. The van der Waals surface area contributed by atoms with Crippen molar-refractivity contribution in [2.45, 2.75) is 43.7 Å². The van der Waals surface area contributed by atoms with Crippen molar-refractivity contribution in [2.24, 2.45) is 11.7 Å². The topological polar surface area (TPSA) is 35.2 Å². The van der Waals surface area contributed by atoms with Crippen LogP contribution in [0, 0.1) is 5.92 Å². The molecule has 1 aliphatic carbocycles. The van der Waals surface area contributed by atoms with E-state index in [1.165, 1.54) is 24.8 Å². The normalized spacial score (nSPS) is 27.0. The van der Waals surface area contributed by atoms with Gasteiger partial charge in [-0.1, -0.05) is 31.9 Å². The maximum Gasteiger partial charge on any atom is 0.0686 e. The molecule has 19 heavy (non-hydrogen) atoms. The molecule has 1 heterocycles. The molecule has 1 aliphatic heterocycles. The number of benzene rings is 1. The minimum absolute atomic E-state index is 0.0910. The molecule has 2 atom stereocenters. The number of nitrogens with two attached hydrogens (primary N) is 1. The number of rotatable bonds is 2. The zero-order valence-corrected chi connectivity index (χ0v) is 14.0. The second-order valence-corrected chi connectivity index (χ2v) is 7.60. The van der Waals surface area contributed by atoms with E-state index < -0.39 is 0 Å². The third-order valence-corrected chi connectivity index (χ3v) is 5.84. The van der Waals surface area contributed by atoms with Gasteiger partial charge in [-0.2, -0.15) is 0 Å². The first kappa shape index (κ1) is 14.1. The molecule has 2 aliphatic rings. The van der Waals surface area contributed by atoms with E-state index in [-0.39, 0.29) is 11.6 Å². The highest BCUT2D eigenvalue weighted by atomic mass is 79.9. The van der Waals surface area contributed by atoms with Crippen molar-refractivity contribution in [3.05, 3.63) is 32.7 Å². The van der Waals surface area contributed by atoms with Gasteiger partial charge in [0.1, 0.15) is 0 Å². The van der Waals surface area contributed by atoms with Crippen LogP contribution in [-0.4, -0.2) is 12.2 Å². The molecule has 104 valence electrons. The molecule has 0 amide bonds. The second-order valence-electron chi connectivity index (χ2n) is 5.83. The Morgan fingerprint density at radius 2 is 2.11 bits per heavy atom. The predicted octanol–water partition coefficient (Wildman–Crippen LogP) is 4.56. The Bertz CT molecular complexity index is 473. The average molecular weight is 389 g/mol. The van der Waals surface area contributed by atoms with Crippen LogP contribution in [0.5, 0.6) is 0 Å². The lowest BCUT2D eigenvalue weighted by Gasteiger charge is -2.48. The molecule has 3 rings (SSSR count). The molecule has 0 aromatic heterocycles. The van der Waals surface area contributed by atoms with Gasteiger partial charge in [0.25, 0.3) is 0 Å². The lowest BCUT2D eigenvalue weighted by molar-refractivity contribution is -0.146. The van der Waals surface area contributed by atoms with Crippen LogP contribution in [0.4, 0.5) is 0 Å². The van der Waals surface area contributed by atoms with Crippen molar-refractivity contribution in [2.75, 3.05) is 6.61 Å². The first-order valence-electron chi connectivity index (χ1n) is 6.94. The van der Waals surface area contributed by atoms with Crippen LogP contribution in [0.15, 0.2) is 27.1 Å². The number of hydrogen-bond acceptors (Lipinski definition) is 2. The SMILES string of the molecule is NC(c1cc(Br)ccc1Br)C1CCOC2(CCC2)C1. The summed E-state index contributed by atoms with van der Waals surface area (Å²) in [7, 11) is 0. The van der Waals surface area contributed by atoms with Crippen molar-refractivity contribution >= 4 is 31.9 Å².